The lowest BCUT2D eigenvalue weighted by atomic mass is 9.82. The Labute approximate surface area is 119 Å². The Morgan fingerprint density at radius 1 is 1.05 bits per heavy atom. The third-order valence-electron chi connectivity index (χ3n) is 3.79. The van der Waals surface area contributed by atoms with E-state index in [9.17, 15) is 0 Å². The summed E-state index contributed by atoms with van der Waals surface area (Å²) in [7, 11) is 0. The largest absolute Gasteiger partial charge is 0.261 e. The molecule has 1 nitrogen and oxygen atoms in total. The molecule has 0 saturated heterocycles. The smallest absolute Gasteiger partial charge is 0.0442 e. The first-order valence-corrected chi connectivity index (χ1v) is 7.65. The first kappa shape index (κ1) is 16.2. The van der Waals surface area contributed by atoms with Crippen molar-refractivity contribution in [1.82, 2.24) is 4.98 Å². The maximum atomic E-state index is 4.63. The van der Waals surface area contributed by atoms with Crippen LogP contribution in [0.3, 0.4) is 0 Å². The highest BCUT2D eigenvalue weighted by Crippen LogP contribution is 2.31. The highest BCUT2D eigenvalue weighted by Gasteiger charge is 2.21. The molecule has 0 aliphatic carbocycles. The lowest BCUT2D eigenvalue weighted by molar-refractivity contribution is 0.373. The minimum Gasteiger partial charge on any atom is -0.261 e. The first-order chi connectivity index (χ1) is 8.70. The maximum Gasteiger partial charge on any atom is 0.0442 e. The van der Waals surface area contributed by atoms with Gasteiger partial charge in [-0.2, -0.15) is 0 Å². The van der Waals surface area contributed by atoms with Gasteiger partial charge in [0.05, 0.1) is 0 Å². The quantitative estimate of drug-likeness (QED) is 0.686. The van der Waals surface area contributed by atoms with Crippen LogP contribution >= 0.6 is 0 Å². The maximum absolute atomic E-state index is 4.63. The molecule has 0 aliphatic heterocycles. The van der Waals surface area contributed by atoms with Gasteiger partial charge in [0, 0.05) is 17.8 Å². The predicted octanol–water partition coefficient (Wildman–Crippen LogP) is 5.46. The summed E-state index contributed by atoms with van der Waals surface area (Å²) in [6.45, 7) is 16.1. The fourth-order valence-corrected chi connectivity index (χ4v) is 2.80. The number of nitrogens with zero attached hydrogens (tertiary/aromatic N) is 1. The Hall–Kier alpha value is -0.850. The molecule has 0 aliphatic rings. The van der Waals surface area contributed by atoms with Crippen LogP contribution in [0, 0.1) is 17.3 Å². The van der Waals surface area contributed by atoms with Crippen molar-refractivity contribution in [3.8, 4) is 0 Å². The summed E-state index contributed by atoms with van der Waals surface area (Å²) < 4.78 is 0. The molecule has 1 heteroatoms. The van der Waals surface area contributed by atoms with Crippen molar-refractivity contribution >= 4 is 0 Å². The van der Waals surface area contributed by atoms with E-state index in [4.69, 9.17) is 0 Å². The third kappa shape index (κ3) is 5.34. The van der Waals surface area contributed by atoms with E-state index in [1.165, 1.54) is 17.7 Å². The molecular formula is C18H31N. The second kappa shape index (κ2) is 6.54. The van der Waals surface area contributed by atoms with Crippen molar-refractivity contribution in [2.24, 2.45) is 17.3 Å². The van der Waals surface area contributed by atoms with Crippen LogP contribution in [-0.2, 0) is 6.42 Å². The lowest BCUT2D eigenvalue weighted by Crippen LogP contribution is -2.15. The summed E-state index contributed by atoms with van der Waals surface area (Å²) in [5, 5.41) is 0. The van der Waals surface area contributed by atoms with E-state index in [0.29, 0.717) is 23.2 Å². The van der Waals surface area contributed by atoms with Crippen LogP contribution in [-0.4, -0.2) is 4.98 Å². The van der Waals surface area contributed by atoms with Crippen LogP contribution in [0.2, 0.25) is 0 Å². The van der Waals surface area contributed by atoms with E-state index in [-0.39, 0.29) is 0 Å². The zero-order valence-electron chi connectivity index (χ0n) is 13.8. The fraction of sp³-hybridized carbons (Fsp3) is 0.722. The summed E-state index contributed by atoms with van der Waals surface area (Å²) in [4.78, 5) is 4.63. The molecule has 0 aromatic carbocycles. The van der Waals surface area contributed by atoms with Crippen molar-refractivity contribution in [3.63, 3.8) is 0 Å². The summed E-state index contributed by atoms with van der Waals surface area (Å²) >= 11 is 0. The van der Waals surface area contributed by atoms with Gasteiger partial charge in [-0.05, 0) is 47.8 Å². The van der Waals surface area contributed by atoms with Crippen LogP contribution < -0.4 is 0 Å². The highest BCUT2D eigenvalue weighted by molar-refractivity contribution is 5.20. The number of hydrogen-bond donors (Lipinski definition) is 0. The van der Waals surface area contributed by atoms with Gasteiger partial charge in [0.15, 0.2) is 0 Å². The van der Waals surface area contributed by atoms with Crippen molar-refractivity contribution in [3.05, 3.63) is 29.6 Å². The molecule has 1 aromatic rings. The van der Waals surface area contributed by atoms with Gasteiger partial charge < -0.3 is 0 Å². The van der Waals surface area contributed by atoms with Crippen LogP contribution in [0.1, 0.15) is 72.1 Å². The SMILES string of the molecule is CC(C)C(c1cc(CCC(C)(C)C)ccn1)C(C)C. The molecule has 0 fully saturated rings. The Bertz CT molecular complexity index is 377. The zero-order chi connectivity index (χ0) is 14.6. The minimum absolute atomic E-state index is 0.402. The van der Waals surface area contributed by atoms with Crippen LogP contribution in [0.5, 0.6) is 0 Å². The number of aromatic nitrogens is 1. The van der Waals surface area contributed by atoms with Gasteiger partial charge in [-0.15, -0.1) is 0 Å². The fourth-order valence-electron chi connectivity index (χ4n) is 2.80. The van der Waals surface area contributed by atoms with E-state index in [0.717, 1.165) is 6.42 Å². The molecule has 0 spiro atoms. The third-order valence-corrected chi connectivity index (χ3v) is 3.79. The van der Waals surface area contributed by atoms with Crippen molar-refractivity contribution in [2.45, 2.75) is 67.2 Å². The average molecular weight is 261 g/mol. The first-order valence-electron chi connectivity index (χ1n) is 7.65. The van der Waals surface area contributed by atoms with E-state index in [2.05, 4.69) is 65.6 Å². The monoisotopic (exact) mass is 261 g/mol. The molecule has 0 saturated carbocycles. The summed E-state index contributed by atoms with van der Waals surface area (Å²) in [5.74, 6) is 1.85. The van der Waals surface area contributed by atoms with E-state index in [1.807, 2.05) is 6.20 Å². The zero-order valence-corrected chi connectivity index (χ0v) is 13.8. The van der Waals surface area contributed by atoms with Crippen LogP contribution in [0.4, 0.5) is 0 Å². The van der Waals surface area contributed by atoms with Gasteiger partial charge in [0.2, 0.25) is 0 Å². The molecule has 1 aromatic heterocycles. The van der Waals surface area contributed by atoms with Gasteiger partial charge in [0.25, 0.3) is 0 Å². The molecule has 1 heterocycles. The molecule has 0 radical (unpaired) electrons. The summed E-state index contributed by atoms with van der Waals surface area (Å²) in [6.07, 6.45) is 4.37. The normalized spacial score (nSPS) is 12.7. The van der Waals surface area contributed by atoms with Crippen LogP contribution in [0.25, 0.3) is 0 Å². The molecule has 108 valence electrons. The van der Waals surface area contributed by atoms with Crippen molar-refractivity contribution in [1.29, 1.82) is 0 Å². The van der Waals surface area contributed by atoms with Crippen molar-refractivity contribution < 1.29 is 0 Å². The number of hydrogen-bond acceptors (Lipinski definition) is 1. The Kier molecular flexibility index (Phi) is 5.58. The van der Waals surface area contributed by atoms with E-state index < -0.39 is 0 Å². The second-order valence-corrected chi connectivity index (χ2v) is 7.66. The minimum atomic E-state index is 0.402. The van der Waals surface area contributed by atoms with Gasteiger partial charge in [-0.1, -0.05) is 48.5 Å². The molecular weight excluding hydrogens is 230 g/mol. The number of rotatable bonds is 5. The highest BCUT2D eigenvalue weighted by atomic mass is 14.7. The molecule has 0 bridgehead atoms. The Morgan fingerprint density at radius 2 is 1.63 bits per heavy atom. The van der Waals surface area contributed by atoms with Crippen molar-refractivity contribution in [2.75, 3.05) is 0 Å². The van der Waals surface area contributed by atoms with E-state index in [1.54, 1.807) is 0 Å². The Balaban J connectivity index is 2.87. The number of pyridine rings is 1. The topological polar surface area (TPSA) is 12.9 Å². The second-order valence-electron chi connectivity index (χ2n) is 7.66. The van der Waals surface area contributed by atoms with Gasteiger partial charge in [0.1, 0.15) is 0 Å². The predicted molar refractivity (Wildman–Crippen MR) is 84.4 cm³/mol. The molecule has 0 unspecified atom stereocenters. The van der Waals surface area contributed by atoms with E-state index >= 15 is 0 Å². The number of aryl methyl sites for hydroxylation is 1. The molecule has 0 atom stereocenters. The van der Waals surface area contributed by atoms with Crippen LogP contribution in [0.15, 0.2) is 18.3 Å². The Morgan fingerprint density at radius 3 is 2.11 bits per heavy atom. The summed E-state index contributed by atoms with van der Waals surface area (Å²) in [5.41, 5.74) is 3.11. The molecule has 0 amide bonds. The summed E-state index contributed by atoms with van der Waals surface area (Å²) in [6, 6.07) is 4.50. The molecule has 19 heavy (non-hydrogen) atoms. The standard InChI is InChI=1S/C18H31N/c1-13(2)17(14(3)4)16-12-15(9-11-19-16)8-10-18(5,6)7/h9,11-14,17H,8,10H2,1-7H3. The average Bonchev–Trinajstić information content (AvgIpc) is 2.25. The lowest BCUT2D eigenvalue weighted by Gasteiger charge is -2.25. The van der Waals surface area contributed by atoms with Gasteiger partial charge >= 0.3 is 0 Å². The molecule has 1 rings (SSSR count). The van der Waals surface area contributed by atoms with Gasteiger partial charge in [-0.25, -0.2) is 0 Å². The van der Waals surface area contributed by atoms with Gasteiger partial charge in [-0.3, -0.25) is 4.98 Å². The molecule has 0 N–H and O–H groups in total.